The van der Waals surface area contributed by atoms with Crippen molar-refractivity contribution in [2.24, 2.45) is 4.99 Å². The van der Waals surface area contributed by atoms with Gasteiger partial charge in [-0.05, 0) is 19.1 Å². The van der Waals surface area contributed by atoms with E-state index in [-0.39, 0.29) is 5.91 Å². The molecule has 2 aromatic rings. The van der Waals surface area contributed by atoms with Gasteiger partial charge in [0.1, 0.15) is 5.01 Å². The Labute approximate surface area is 118 Å². The molecule has 0 N–H and O–H groups in total. The van der Waals surface area contributed by atoms with Crippen molar-refractivity contribution in [3.05, 3.63) is 35.3 Å². The number of rotatable bonds is 2. The summed E-state index contributed by atoms with van der Waals surface area (Å²) in [5.41, 5.74) is 0.831. The van der Waals surface area contributed by atoms with Gasteiger partial charge in [0.15, 0.2) is 5.17 Å². The Morgan fingerprint density at radius 2 is 2.05 bits per heavy atom. The van der Waals surface area contributed by atoms with Crippen LogP contribution >= 0.6 is 23.1 Å². The minimum Gasteiger partial charge on any atom is -0.273 e. The van der Waals surface area contributed by atoms with E-state index >= 15 is 0 Å². The highest BCUT2D eigenvalue weighted by Gasteiger charge is 2.29. The number of aromatic nitrogens is 2. The standard InChI is InChI=1S/C12H10N4OS2/c1-8-14-15-11(19-8)13-12-16(10(17)7-18-12)9-5-3-2-4-6-9/h2-6H,7H2,1H3/b13-12-. The van der Waals surface area contributed by atoms with Crippen molar-refractivity contribution < 1.29 is 4.79 Å². The normalized spacial score (nSPS) is 17.4. The Bertz CT molecular complexity index is 638. The van der Waals surface area contributed by atoms with E-state index in [0.717, 1.165) is 10.7 Å². The van der Waals surface area contributed by atoms with E-state index in [2.05, 4.69) is 15.2 Å². The molecule has 0 atom stereocenters. The Morgan fingerprint density at radius 1 is 1.26 bits per heavy atom. The second-order valence-corrected chi connectivity index (χ2v) is 5.95. The molecule has 0 unspecified atom stereocenters. The van der Waals surface area contributed by atoms with Crippen LogP contribution in [0.1, 0.15) is 5.01 Å². The fourth-order valence-corrected chi connectivity index (χ4v) is 3.18. The highest BCUT2D eigenvalue weighted by Crippen LogP contribution is 2.29. The summed E-state index contributed by atoms with van der Waals surface area (Å²) >= 11 is 2.83. The van der Waals surface area contributed by atoms with E-state index < -0.39 is 0 Å². The summed E-state index contributed by atoms with van der Waals surface area (Å²) in [6.07, 6.45) is 0. The van der Waals surface area contributed by atoms with E-state index in [1.54, 1.807) is 4.90 Å². The van der Waals surface area contributed by atoms with Gasteiger partial charge >= 0.3 is 0 Å². The first kappa shape index (κ1) is 12.3. The molecule has 0 bridgehead atoms. The zero-order chi connectivity index (χ0) is 13.2. The number of thioether (sulfide) groups is 1. The lowest BCUT2D eigenvalue weighted by Gasteiger charge is -2.15. The third-order valence-electron chi connectivity index (χ3n) is 2.49. The molecule has 3 rings (SSSR count). The quantitative estimate of drug-likeness (QED) is 0.853. The van der Waals surface area contributed by atoms with Crippen LogP contribution in [-0.2, 0) is 4.79 Å². The number of aliphatic imine (C=N–C) groups is 1. The molecule has 1 fully saturated rings. The smallest absolute Gasteiger partial charge is 0.243 e. The van der Waals surface area contributed by atoms with Crippen molar-refractivity contribution in [3.8, 4) is 0 Å². The first-order chi connectivity index (χ1) is 9.24. The molecular weight excluding hydrogens is 280 g/mol. The molecule has 0 spiro atoms. The molecule has 2 heterocycles. The summed E-state index contributed by atoms with van der Waals surface area (Å²) in [4.78, 5) is 18.0. The third kappa shape index (κ3) is 2.52. The Morgan fingerprint density at radius 3 is 2.74 bits per heavy atom. The highest BCUT2D eigenvalue weighted by atomic mass is 32.2. The molecule has 7 heteroatoms. The topological polar surface area (TPSA) is 58.5 Å². The second kappa shape index (κ2) is 5.10. The summed E-state index contributed by atoms with van der Waals surface area (Å²) in [7, 11) is 0. The number of nitrogens with zero attached hydrogens (tertiary/aromatic N) is 4. The van der Waals surface area contributed by atoms with E-state index in [0.29, 0.717) is 16.1 Å². The molecule has 0 saturated carbocycles. The SMILES string of the molecule is Cc1nnc(/N=C2\SCC(=O)N2c2ccccc2)s1. The van der Waals surface area contributed by atoms with E-state index in [9.17, 15) is 4.79 Å². The lowest BCUT2D eigenvalue weighted by Crippen LogP contribution is -2.28. The number of hydrogen-bond acceptors (Lipinski definition) is 6. The molecule has 1 amide bonds. The van der Waals surface area contributed by atoms with Crippen molar-refractivity contribution in [2.45, 2.75) is 6.92 Å². The maximum Gasteiger partial charge on any atom is 0.243 e. The van der Waals surface area contributed by atoms with Crippen LogP contribution in [0.4, 0.5) is 10.8 Å². The number of amides is 1. The molecule has 1 saturated heterocycles. The average Bonchev–Trinajstić information content (AvgIpc) is 2.98. The first-order valence-corrected chi connectivity index (χ1v) is 7.44. The highest BCUT2D eigenvalue weighted by molar-refractivity contribution is 8.15. The zero-order valence-corrected chi connectivity index (χ0v) is 11.7. The van der Waals surface area contributed by atoms with Gasteiger partial charge in [-0.15, -0.1) is 10.2 Å². The molecule has 1 aliphatic rings. The number of carbonyl (C=O) groups excluding carboxylic acids is 1. The van der Waals surface area contributed by atoms with Crippen molar-refractivity contribution in [3.63, 3.8) is 0 Å². The number of benzene rings is 1. The third-order valence-corrected chi connectivity index (χ3v) is 4.14. The molecule has 19 heavy (non-hydrogen) atoms. The fourth-order valence-electron chi connectivity index (χ4n) is 1.69. The van der Waals surface area contributed by atoms with E-state index in [4.69, 9.17) is 0 Å². The van der Waals surface area contributed by atoms with Crippen LogP contribution in [0.2, 0.25) is 0 Å². The summed E-state index contributed by atoms with van der Waals surface area (Å²) < 4.78 is 0. The molecule has 1 aromatic carbocycles. The maximum atomic E-state index is 12.0. The van der Waals surface area contributed by atoms with Crippen LogP contribution < -0.4 is 4.90 Å². The van der Waals surface area contributed by atoms with Crippen LogP contribution in [-0.4, -0.2) is 27.0 Å². The van der Waals surface area contributed by atoms with Gasteiger partial charge in [0, 0.05) is 0 Å². The minimum atomic E-state index is 0.0381. The number of amidine groups is 1. The average molecular weight is 290 g/mol. The number of anilines is 1. The van der Waals surface area contributed by atoms with Crippen LogP contribution in [0.25, 0.3) is 0 Å². The van der Waals surface area contributed by atoms with Crippen molar-refractivity contribution in [2.75, 3.05) is 10.7 Å². The van der Waals surface area contributed by atoms with Gasteiger partial charge in [-0.3, -0.25) is 9.69 Å². The molecule has 5 nitrogen and oxygen atoms in total. The second-order valence-electron chi connectivity index (χ2n) is 3.85. The lowest BCUT2D eigenvalue weighted by atomic mass is 10.3. The van der Waals surface area contributed by atoms with Crippen LogP contribution in [0.15, 0.2) is 35.3 Å². The van der Waals surface area contributed by atoms with Gasteiger partial charge in [-0.25, -0.2) is 0 Å². The van der Waals surface area contributed by atoms with Gasteiger partial charge in [0.2, 0.25) is 11.0 Å². The molecular formula is C12H10N4OS2. The first-order valence-electron chi connectivity index (χ1n) is 5.63. The van der Waals surface area contributed by atoms with Crippen molar-refractivity contribution >= 4 is 45.0 Å². The van der Waals surface area contributed by atoms with Crippen LogP contribution in [0.3, 0.4) is 0 Å². The van der Waals surface area contributed by atoms with Crippen LogP contribution in [0, 0.1) is 6.92 Å². The van der Waals surface area contributed by atoms with Gasteiger partial charge in [0.25, 0.3) is 0 Å². The number of carbonyl (C=O) groups is 1. The van der Waals surface area contributed by atoms with E-state index in [1.807, 2.05) is 37.3 Å². The number of hydrogen-bond donors (Lipinski definition) is 0. The predicted molar refractivity (Wildman–Crippen MR) is 78.1 cm³/mol. The summed E-state index contributed by atoms with van der Waals surface area (Å²) in [6.45, 7) is 1.88. The Kier molecular flexibility index (Phi) is 3.31. The molecule has 96 valence electrons. The zero-order valence-electron chi connectivity index (χ0n) is 10.1. The summed E-state index contributed by atoms with van der Waals surface area (Å²) in [5, 5.41) is 9.99. The molecule has 1 aliphatic heterocycles. The lowest BCUT2D eigenvalue weighted by molar-refractivity contribution is -0.115. The molecule has 1 aromatic heterocycles. The predicted octanol–water partition coefficient (Wildman–Crippen LogP) is 2.61. The summed E-state index contributed by atoms with van der Waals surface area (Å²) in [5.74, 6) is 0.446. The van der Waals surface area contributed by atoms with E-state index in [1.165, 1.54) is 23.1 Å². The van der Waals surface area contributed by atoms with Crippen molar-refractivity contribution in [1.29, 1.82) is 0 Å². The Balaban J connectivity index is 1.97. The summed E-state index contributed by atoms with van der Waals surface area (Å²) in [6, 6.07) is 9.51. The van der Waals surface area contributed by atoms with Gasteiger partial charge in [-0.1, -0.05) is 41.3 Å². The largest absolute Gasteiger partial charge is 0.273 e. The van der Waals surface area contributed by atoms with Crippen LogP contribution in [0.5, 0.6) is 0 Å². The monoisotopic (exact) mass is 290 g/mol. The maximum absolute atomic E-state index is 12.0. The van der Waals surface area contributed by atoms with Crippen molar-refractivity contribution in [1.82, 2.24) is 10.2 Å². The van der Waals surface area contributed by atoms with Gasteiger partial charge in [-0.2, -0.15) is 4.99 Å². The Hall–Kier alpha value is -1.73. The minimum absolute atomic E-state index is 0.0381. The van der Waals surface area contributed by atoms with Gasteiger partial charge < -0.3 is 0 Å². The molecule has 0 aliphatic carbocycles. The molecule has 0 radical (unpaired) electrons. The van der Waals surface area contributed by atoms with Gasteiger partial charge in [0.05, 0.1) is 11.4 Å². The number of aryl methyl sites for hydroxylation is 1. The number of para-hydroxylation sites is 1. The fraction of sp³-hybridized carbons (Fsp3) is 0.167.